The van der Waals surface area contributed by atoms with Crippen LogP contribution < -0.4 is 11.1 Å². The van der Waals surface area contributed by atoms with Gasteiger partial charge in [-0.25, -0.2) is 0 Å². The van der Waals surface area contributed by atoms with E-state index in [1.54, 1.807) is 0 Å². The van der Waals surface area contributed by atoms with Crippen LogP contribution in [0.15, 0.2) is 24.3 Å². The second-order valence-electron chi connectivity index (χ2n) is 4.78. The van der Waals surface area contributed by atoms with Crippen LogP contribution in [-0.2, 0) is 11.3 Å². The first-order valence-electron chi connectivity index (χ1n) is 5.48. The topological polar surface area (TPSA) is 55.1 Å². The van der Waals surface area contributed by atoms with Gasteiger partial charge in [0, 0.05) is 13.1 Å². The maximum absolute atomic E-state index is 11.1. The molecule has 0 unspecified atom stereocenters. The molecule has 1 aromatic rings. The van der Waals surface area contributed by atoms with Gasteiger partial charge in [-0.05, 0) is 31.9 Å². The zero-order valence-corrected chi connectivity index (χ0v) is 10.2. The number of benzene rings is 1. The third-order valence-electron chi connectivity index (χ3n) is 2.81. The Morgan fingerprint density at radius 2 is 2.00 bits per heavy atom. The van der Waals surface area contributed by atoms with Gasteiger partial charge in [-0.15, -0.1) is 0 Å². The average molecular weight is 220 g/mol. The normalized spacial score (nSPS) is 11.4. The van der Waals surface area contributed by atoms with Gasteiger partial charge in [0.15, 0.2) is 0 Å². The van der Waals surface area contributed by atoms with E-state index in [4.69, 9.17) is 5.73 Å². The molecule has 0 saturated carbocycles. The number of amides is 1. The highest BCUT2D eigenvalue weighted by molar-refractivity contribution is 5.80. The predicted octanol–water partition coefficient (Wildman–Crippen LogP) is 1.60. The maximum atomic E-state index is 11.1. The molecule has 0 saturated heterocycles. The Kier molecular flexibility index (Phi) is 4.07. The third kappa shape index (κ3) is 3.35. The highest BCUT2D eigenvalue weighted by atomic mass is 16.1. The molecule has 0 atom stereocenters. The van der Waals surface area contributed by atoms with Crippen LogP contribution >= 0.6 is 0 Å². The van der Waals surface area contributed by atoms with Gasteiger partial charge in [0.25, 0.3) is 0 Å². The first-order valence-corrected chi connectivity index (χ1v) is 5.48. The van der Waals surface area contributed by atoms with Crippen molar-refractivity contribution in [2.24, 2.45) is 11.1 Å². The zero-order valence-electron chi connectivity index (χ0n) is 10.2. The van der Waals surface area contributed by atoms with Crippen molar-refractivity contribution in [2.75, 3.05) is 6.54 Å². The van der Waals surface area contributed by atoms with Gasteiger partial charge in [0.05, 0.1) is 5.41 Å². The van der Waals surface area contributed by atoms with Gasteiger partial charge in [0.1, 0.15) is 0 Å². The summed E-state index contributed by atoms with van der Waals surface area (Å²) in [7, 11) is 0. The number of carbonyl (C=O) groups excluding carboxylic acids is 1. The molecule has 0 heterocycles. The van der Waals surface area contributed by atoms with Crippen LogP contribution in [0.3, 0.4) is 0 Å². The monoisotopic (exact) mass is 220 g/mol. The molecular weight excluding hydrogens is 200 g/mol. The Morgan fingerprint density at radius 1 is 1.38 bits per heavy atom. The summed E-state index contributed by atoms with van der Waals surface area (Å²) in [6, 6.07) is 8.20. The van der Waals surface area contributed by atoms with Gasteiger partial charge in [-0.2, -0.15) is 0 Å². The summed E-state index contributed by atoms with van der Waals surface area (Å²) in [6.07, 6.45) is 0. The van der Waals surface area contributed by atoms with E-state index < -0.39 is 5.41 Å². The number of rotatable bonds is 5. The molecule has 0 bridgehead atoms. The fourth-order valence-electron chi connectivity index (χ4n) is 1.41. The smallest absolute Gasteiger partial charge is 0.224 e. The fourth-order valence-corrected chi connectivity index (χ4v) is 1.41. The van der Waals surface area contributed by atoms with Gasteiger partial charge in [-0.1, -0.05) is 24.3 Å². The molecule has 0 aliphatic heterocycles. The van der Waals surface area contributed by atoms with E-state index in [2.05, 4.69) is 24.4 Å². The number of hydrogen-bond donors (Lipinski definition) is 2. The predicted molar refractivity (Wildman–Crippen MR) is 65.9 cm³/mol. The van der Waals surface area contributed by atoms with Crippen molar-refractivity contribution in [1.29, 1.82) is 0 Å². The van der Waals surface area contributed by atoms with Crippen LogP contribution in [0, 0.1) is 12.3 Å². The van der Waals surface area contributed by atoms with E-state index in [0.717, 1.165) is 6.54 Å². The molecule has 0 fully saturated rings. The van der Waals surface area contributed by atoms with E-state index in [1.807, 2.05) is 26.0 Å². The fraction of sp³-hybridized carbons (Fsp3) is 0.462. The molecule has 1 aromatic carbocycles. The zero-order chi connectivity index (χ0) is 12.2. The Bertz CT molecular complexity index is 372. The highest BCUT2D eigenvalue weighted by Gasteiger charge is 2.23. The standard InChI is InChI=1S/C13H20N2O/c1-10-6-4-5-7-11(10)8-15-9-13(2,3)12(14)16/h4-7,15H,8-9H2,1-3H3,(H2,14,16). The summed E-state index contributed by atoms with van der Waals surface area (Å²) in [5.41, 5.74) is 7.31. The van der Waals surface area contributed by atoms with E-state index in [0.29, 0.717) is 6.54 Å². The number of hydrogen-bond acceptors (Lipinski definition) is 2. The highest BCUT2D eigenvalue weighted by Crippen LogP contribution is 2.13. The van der Waals surface area contributed by atoms with Gasteiger partial charge in [-0.3, -0.25) is 4.79 Å². The largest absolute Gasteiger partial charge is 0.369 e. The molecule has 1 amide bonds. The molecule has 0 aliphatic rings. The maximum Gasteiger partial charge on any atom is 0.224 e. The Balaban J connectivity index is 2.48. The van der Waals surface area contributed by atoms with Crippen molar-refractivity contribution >= 4 is 5.91 Å². The summed E-state index contributed by atoms with van der Waals surface area (Å²) < 4.78 is 0. The summed E-state index contributed by atoms with van der Waals surface area (Å²) in [5.74, 6) is -0.273. The quantitative estimate of drug-likeness (QED) is 0.792. The van der Waals surface area contributed by atoms with E-state index >= 15 is 0 Å². The van der Waals surface area contributed by atoms with E-state index in [-0.39, 0.29) is 5.91 Å². The summed E-state index contributed by atoms with van der Waals surface area (Å²) >= 11 is 0. The molecule has 88 valence electrons. The molecule has 0 radical (unpaired) electrons. The second-order valence-corrected chi connectivity index (χ2v) is 4.78. The minimum atomic E-state index is -0.497. The third-order valence-corrected chi connectivity index (χ3v) is 2.81. The first kappa shape index (κ1) is 12.7. The molecule has 3 nitrogen and oxygen atoms in total. The molecular formula is C13H20N2O. The van der Waals surface area contributed by atoms with Crippen LogP contribution in [0.4, 0.5) is 0 Å². The summed E-state index contributed by atoms with van der Waals surface area (Å²) in [6.45, 7) is 7.14. The van der Waals surface area contributed by atoms with Crippen molar-refractivity contribution in [3.63, 3.8) is 0 Å². The molecule has 16 heavy (non-hydrogen) atoms. The number of carbonyl (C=O) groups is 1. The minimum absolute atomic E-state index is 0.273. The van der Waals surface area contributed by atoms with Crippen LogP contribution in [0.5, 0.6) is 0 Å². The van der Waals surface area contributed by atoms with Crippen molar-refractivity contribution < 1.29 is 4.79 Å². The average Bonchev–Trinajstić information content (AvgIpc) is 2.20. The van der Waals surface area contributed by atoms with E-state index in [9.17, 15) is 4.79 Å². The van der Waals surface area contributed by atoms with Crippen LogP contribution in [0.1, 0.15) is 25.0 Å². The molecule has 3 heteroatoms. The van der Waals surface area contributed by atoms with E-state index in [1.165, 1.54) is 11.1 Å². The summed E-state index contributed by atoms with van der Waals surface area (Å²) in [5, 5.41) is 3.26. The number of nitrogens with two attached hydrogens (primary N) is 1. The minimum Gasteiger partial charge on any atom is -0.369 e. The van der Waals surface area contributed by atoms with Crippen molar-refractivity contribution in [2.45, 2.75) is 27.3 Å². The van der Waals surface area contributed by atoms with Crippen molar-refractivity contribution in [3.8, 4) is 0 Å². The van der Waals surface area contributed by atoms with Crippen LogP contribution in [0.2, 0.25) is 0 Å². The molecule has 0 aromatic heterocycles. The number of aryl methyl sites for hydroxylation is 1. The first-order chi connectivity index (χ1) is 7.43. The van der Waals surface area contributed by atoms with Gasteiger partial charge >= 0.3 is 0 Å². The van der Waals surface area contributed by atoms with Crippen molar-refractivity contribution in [3.05, 3.63) is 35.4 Å². The van der Waals surface area contributed by atoms with Crippen LogP contribution in [-0.4, -0.2) is 12.5 Å². The molecule has 1 rings (SSSR count). The second kappa shape index (κ2) is 5.12. The Hall–Kier alpha value is -1.35. The molecule has 0 aliphatic carbocycles. The lowest BCUT2D eigenvalue weighted by molar-refractivity contribution is -0.125. The van der Waals surface area contributed by atoms with Crippen molar-refractivity contribution in [1.82, 2.24) is 5.32 Å². The molecule has 3 N–H and O–H groups in total. The Labute approximate surface area is 97.0 Å². The SMILES string of the molecule is Cc1ccccc1CNCC(C)(C)C(N)=O. The Morgan fingerprint density at radius 3 is 2.56 bits per heavy atom. The molecule has 0 spiro atoms. The van der Waals surface area contributed by atoms with Crippen LogP contribution in [0.25, 0.3) is 0 Å². The van der Waals surface area contributed by atoms with Gasteiger partial charge in [0.2, 0.25) is 5.91 Å². The lowest BCUT2D eigenvalue weighted by atomic mass is 9.92. The summed E-state index contributed by atoms with van der Waals surface area (Å²) in [4.78, 5) is 11.1. The number of primary amides is 1. The lowest BCUT2D eigenvalue weighted by Gasteiger charge is -2.21. The lowest BCUT2D eigenvalue weighted by Crippen LogP contribution is -2.40. The van der Waals surface area contributed by atoms with Gasteiger partial charge < -0.3 is 11.1 Å². The number of nitrogens with one attached hydrogen (secondary N) is 1.